The maximum Gasteiger partial charge on any atom is 0.338 e. The van der Waals surface area contributed by atoms with Gasteiger partial charge in [-0.2, -0.15) is 0 Å². The molecule has 0 spiro atoms. The van der Waals surface area contributed by atoms with Gasteiger partial charge in [-0.25, -0.2) is 4.79 Å². The van der Waals surface area contributed by atoms with Crippen molar-refractivity contribution in [3.05, 3.63) is 29.8 Å². The molecule has 1 aromatic carbocycles. The zero-order chi connectivity index (χ0) is 16.8. The number of esters is 1. The Morgan fingerprint density at radius 1 is 1.30 bits per heavy atom. The summed E-state index contributed by atoms with van der Waals surface area (Å²) < 4.78 is 5.14. The van der Waals surface area contributed by atoms with Crippen LogP contribution in [0.5, 0.6) is 0 Å². The van der Waals surface area contributed by atoms with Crippen molar-refractivity contribution in [2.45, 2.75) is 39.7 Å². The lowest BCUT2D eigenvalue weighted by atomic mass is 10.0. The van der Waals surface area contributed by atoms with Crippen LogP contribution in [0, 0.1) is 5.92 Å². The Bertz CT molecular complexity index is 540. The Hall–Kier alpha value is -1.88. The van der Waals surface area contributed by atoms with Crippen molar-refractivity contribution in [3.8, 4) is 0 Å². The van der Waals surface area contributed by atoms with Gasteiger partial charge in [-0.3, -0.25) is 4.79 Å². The Labute approximate surface area is 138 Å². The third-order valence-corrected chi connectivity index (χ3v) is 4.02. The van der Waals surface area contributed by atoms with Crippen LogP contribution in [0.15, 0.2) is 24.3 Å². The van der Waals surface area contributed by atoms with Gasteiger partial charge in [0.1, 0.15) is 0 Å². The number of quaternary nitrogens is 1. The van der Waals surface area contributed by atoms with Gasteiger partial charge in [0.25, 0.3) is 5.91 Å². The van der Waals surface area contributed by atoms with Crippen LogP contribution in [0.3, 0.4) is 0 Å². The summed E-state index contributed by atoms with van der Waals surface area (Å²) in [7, 11) is 0. The van der Waals surface area contributed by atoms with Gasteiger partial charge in [0.15, 0.2) is 6.54 Å². The number of nitrogens with one attached hydrogen (secondary N) is 2. The Kier molecular flexibility index (Phi) is 6.16. The molecule has 23 heavy (non-hydrogen) atoms. The summed E-state index contributed by atoms with van der Waals surface area (Å²) in [5.41, 5.74) is 1.20. The third kappa shape index (κ3) is 5.67. The van der Waals surface area contributed by atoms with Gasteiger partial charge in [0, 0.05) is 11.6 Å². The molecule has 1 aliphatic heterocycles. The number of hydrogen-bond acceptors (Lipinski definition) is 3. The molecule has 1 aromatic rings. The second-order valence-electron chi connectivity index (χ2n) is 6.71. The fourth-order valence-electron chi connectivity index (χ4n) is 2.96. The van der Waals surface area contributed by atoms with Crippen molar-refractivity contribution in [1.82, 2.24) is 0 Å². The molecule has 0 aliphatic carbocycles. The predicted octanol–water partition coefficient (Wildman–Crippen LogP) is 1.51. The highest BCUT2D eigenvalue weighted by molar-refractivity contribution is 5.93. The predicted molar refractivity (Wildman–Crippen MR) is 89.6 cm³/mol. The van der Waals surface area contributed by atoms with E-state index in [4.69, 9.17) is 4.74 Å². The number of likely N-dealkylation sites (tertiary alicyclic amines) is 1. The molecule has 2 atom stereocenters. The maximum absolute atomic E-state index is 12.1. The van der Waals surface area contributed by atoms with Crippen LogP contribution in [0.1, 0.15) is 44.0 Å². The quantitative estimate of drug-likeness (QED) is 0.809. The molecule has 0 saturated carbocycles. The van der Waals surface area contributed by atoms with Crippen molar-refractivity contribution in [2.24, 2.45) is 5.92 Å². The SMILES string of the molecule is CC(C)OC(=O)c1ccc(NC(=O)C[NH+]2CCC[C@H](C)C2)cc1. The summed E-state index contributed by atoms with van der Waals surface area (Å²) in [4.78, 5) is 25.2. The molecule has 2 N–H and O–H groups in total. The monoisotopic (exact) mass is 319 g/mol. The van der Waals surface area contributed by atoms with Crippen LogP contribution in [-0.2, 0) is 9.53 Å². The van der Waals surface area contributed by atoms with Gasteiger partial charge in [-0.05, 0) is 51.0 Å². The van der Waals surface area contributed by atoms with Gasteiger partial charge in [-0.1, -0.05) is 6.92 Å². The van der Waals surface area contributed by atoms with Gasteiger partial charge >= 0.3 is 5.97 Å². The van der Waals surface area contributed by atoms with Crippen molar-refractivity contribution >= 4 is 17.6 Å². The molecular formula is C18H27N2O3+. The van der Waals surface area contributed by atoms with Crippen LogP contribution in [0.4, 0.5) is 5.69 Å². The van der Waals surface area contributed by atoms with Crippen molar-refractivity contribution < 1.29 is 19.2 Å². The molecular weight excluding hydrogens is 292 g/mol. The lowest BCUT2D eigenvalue weighted by molar-refractivity contribution is -0.900. The van der Waals surface area contributed by atoms with E-state index in [9.17, 15) is 9.59 Å². The average molecular weight is 319 g/mol. The Balaban J connectivity index is 1.85. The van der Waals surface area contributed by atoms with Crippen LogP contribution >= 0.6 is 0 Å². The van der Waals surface area contributed by atoms with Gasteiger partial charge < -0.3 is 15.0 Å². The van der Waals surface area contributed by atoms with E-state index in [1.807, 2.05) is 13.8 Å². The molecule has 1 unspecified atom stereocenters. The first-order valence-electron chi connectivity index (χ1n) is 8.38. The normalized spacial score (nSPS) is 21.0. The Morgan fingerprint density at radius 3 is 2.61 bits per heavy atom. The van der Waals surface area contributed by atoms with Crippen LogP contribution in [0.2, 0.25) is 0 Å². The summed E-state index contributed by atoms with van der Waals surface area (Å²) in [6.07, 6.45) is 2.31. The Morgan fingerprint density at radius 2 is 2.00 bits per heavy atom. The molecule has 1 aliphatic rings. The standard InChI is InChI=1S/C18H26N2O3/c1-13(2)23-18(22)15-6-8-16(9-7-15)19-17(21)12-20-10-4-5-14(3)11-20/h6-9,13-14H,4-5,10-12H2,1-3H3,(H,19,21)/p+1/t14-/m0/s1. The van der Waals surface area contributed by atoms with E-state index in [1.165, 1.54) is 17.7 Å². The largest absolute Gasteiger partial charge is 0.459 e. The zero-order valence-electron chi connectivity index (χ0n) is 14.2. The second-order valence-corrected chi connectivity index (χ2v) is 6.71. The first-order valence-corrected chi connectivity index (χ1v) is 8.38. The minimum atomic E-state index is -0.343. The summed E-state index contributed by atoms with van der Waals surface area (Å²) in [5.74, 6) is 0.369. The third-order valence-electron chi connectivity index (χ3n) is 4.02. The minimum absolute atomic E-state index is 0.0200. The molecule has 1 amide bonds. The van der Waals surface area contributed by atoms with E-state index < -0.39 is 0 Å². The van der Waals surface area contributed by atoms with E-state index in [0.29, 0.717) is 23.7 Å². The van der Waals surface area contributed by atoms with Crippen LogP contribution in [-0.4, -0.2) is 37.6 Å². The van der Waals surface area contributed by atoms with Gasteiger partial charge in [0.2, 0.25) is 0 Å². The van der Waals surface area contributed by atoms with E-state index in [2.05, 4.69) is 12.2 Å². The number of benzene rings is 1. The molecule has 0 bridgehead atoms. The lowest BCUT2D eigenvalue weighted by Crippen LogP contribution is -3.14. The van der Waals surface area contributed by atoms with E-state index in [1.54, 1.807) is 24.3 Å². The maximum atomic E-state index is 12.1. The molecule has 5 heteroatoms. The fourth-order valence-corrected chi connectivity index (χ4v) is 2.96. The highest BCUT2D eigenvalue weighted by atomic mass is 16.5. The molecule has 0 aromatic heterocycles. The molecule has 1 heterocycles. The zero-order valence-corrected chi connectivity index (χ0v) is 14.2. The summed E-state index contributed by atoms with van der Waals surface area (Å²) in [6, 6.07) is 6.83. The second kappa shape index (κ2) is 8.11. The smallest absolute Gasteiger partial charge is 0.338 e. The minimum Gasteiger partial charge on any atom is -0.459 e. The number of piperidine rings is 1. The average Bonchev–Trinajstić information content (AvgIpc) is 2.47. The van der Waals surface area contributed by atoms with E-state index in [0.717, 1.165) is 13.1 Å². The summed E-state index contributed by atoms with van der Waals surface area (Å²) in [5, 5.41) is 2.90. The molecule has 1 fully saturated rings. The first kappa shape index (κ1) is 17.5. The fraction of sp³-hybridized carbons (Fsp3) is 0.556. The summed E-state index contributed by atoms with van der Waals surface area (Å²) >= 11 is 0. The number of amides is 1. The topological polar surface area (TPSA) is 59.8 Å². The van der Waals surface area contributed by atoms with E-state index >= 15 is 0 Å². The summed E-state index contributed by atoms with van der Waals surface area (Å²) in [6.45, 7) is 8.51. The number of carbonyl (C=O) groups is 2. The highest BCUT2D eigenvalue weighted by Gasteiger charge is 2.22. The number of anilines is 1. The van der Waals surface area contributed by atoms with Crippen LogP contribution in [0.25, 0.3) is 0 Å². The number of carbonyl (C=O) groups excluding carboxylic acids is 2. The number of ether oxygens (including phenoxy) is 1. The van der Waals surface area contributed by atoms with Gasteiger partial charge in [-0.15, -0.1) is 0 Å². The molecule has 5 nitrogen and oxygen atoms in total. The first-order chi connectivity index (χ1) is 10.9. The highest BCUT2D eigenvalue weighted by Crippen LogP contribution is 2.11. The molecule has 2 rings (SSSR count). The molecule has 126 valence electrons. The number of hydrogen-bond donors (Lipinski definition) is 2. The van der Waals surface area contributed by atoms with Crippen molar-refractivity contribution in [2.75, 3.05) is 25.0 Å². The van der Waals surface area contributed by atoms with Crippen LogP contribution < -0.4 is 10.2 Å². The lowest BCUT2D eigenvalue weighted by Gasteiger charge is -2.27. The molecule has 0 radical (unpaired) electrons. The molecule has 1 saturated heterocycles. The van der Waals surface area contributed by atoms with Crippen molar-refractivity contribution in [1.29, 1.82) is 0 Å². The van der Waals surface area contributed by atoms with E-state index in [-0.39, 0.29) is 18.0 Å². The van der Waals surface area contributed by atoms with Crippen molar-refractivity contribution in [3.63, 3.8) is 0 Å². The number of rotatable bonds is 5. The van der Waals surface area contributed by atoms with Gasteiger partial charge in [0.05, 0.1) is 24.8 Å².